The highest BCUT2D eigenvalue weighted by molar-refractivity contribution is 6.09. The number of anilines is 2. The van der Waals surface area contributed by atoms with Gasteiger partial charge in [0.2, 0.25) is 5.91 Å². The van der Waals surface area contributed by atoms with E-state index in [1.54, 1.807) is 12.1 Å². The molecule has 0 bridgehead atoms. The number of carbonyl (C=O) groups is 2. The lowest BCUT2D eigenvalue weighted by Gasteiger charge is -2.17. The summed E-state index contributed by atoms with van der Waals surface area (Å²) in [6, 6.07) is 19.2. The van der Waals surface area contributed by atoms with Crippen molar-refractivity contribution >= 4 is 34.0 Å². The average Bonchev–Trinajstić information content (AvgIpc) is 2.61. The number of amides is 2. The summed E-state index contributed by atoms with van der Waals surface area (Å²) in [5.74, 6) is -0.124. The maximum absolute atomic E-state index is 12.6. The van der Waals surface area contributed by atoms with E-state index < -0.39 is 0 Å². The molecule has 4 rings (SSSR count). The summed E-state index contributed by atoms with van der Waals surface area (Å²) in [6.45, 7) is 0. The fraction of sp³-hybridized carbons (Fsp3) is 0.100. The number of rotatable bonds is 2. The number of hydrogen-bond acceptors (Lipinski definition) is 2. The molecule has 4 nitrogen and oxygen atoms in total. The molecule has 3 aromatic rings. The average molecular weight is 316 g/mol. The second kappa shape index (κ2) is 5.81. The number of carbonyl (C=O) groups excluding carboxylic acids is 2. The zero-order chi connectivity index (χ0) is 16.5. The lowest BCUT2D eigenvalue weighted by Crippen LogP contribution is -2.20. The Labute approximate surface area is 139 Å². The van der Waals surface area contributed by atoms with E-state index >= 15 is 0 Å². The number of fused-ring (bicyclic) bond motifs is 2. The second-order valence-corrected chi connectivity index (χ2v) is 5.90. The quantitative estimate of drug-likeness (QED) is 0.751. The first kappa shape index (κ1) is 14.5. The topological polar surface area (TPSA) is 58.2 Å². The molecule has 2 amide bonds. The summed E-state index contributed by atoms with van der Waals surface area (Å²) in [5.41, 5.74) is 3.19. The third kappa shape index (κ3) is 2.63. The molecule has 0 radical (unpaired) electrons. The van der Waals surface area contributed by atoms with Crippen LogP contribution in [0.5, 0.6) is 0 Å². The Balaban J connectivity index is 1.63. The van der Waals surface area contributed by atoms with E-state index in [4.69, 9.17) is 0 Å². The SMILES string of the molecule is O=C1CCc2cc(C(=O)Nc3cccc4ccccc34)ccc2N1. The van der Waals surface area contributed by atoms with Crippen molar-refractivity contribution in [1.29, 1.82) is 0 Å². The van der Waals surface area contributed by atoms with Crippen LogP contribution in [-0.2, 0) is 11.2 Å². The van der Waals surface area contributed by atoms with Gasteiger partial charge in [0.15, 0.2) is 0 Å². The third-order valence-electron chi connectivity index (χ3n) is 4.30. The summed E-state index contributed by atoms with van der Waals surface area (Å²) in [4.78, 5) is 24.0. The van der Waals surface area contributed by atoms with Crippen LogP contribution < -0.4 is 10.6 Å². The van der Waals surface area contributed by atoms with Gasteiger partial charge < -0.3 is 10.6 Å². The van der Waals surface area contributed by atoms with Crippen molar-refractivity contribution in [3.05, 3.63) is 71.8 Å². The molecule has 0 spiro atoms. The molecule has 1 aliphatic heterocycles. The van der Waals surface area contributed by atoms with E-state index in [-0.39, 0.29) is 11.8 Å². The molecule has 0 aromatic heterocycles. The number of aryl methyl sites for hydroxylation is 1. The second-order valence-electron chi connectivity index (χ2n) is 5.90. The molecular formula is C20H16N2O2. The molecule has 0 unspecified atom stereocenters. The minimum atomic E-state index is -0.147. The van der Waals surface area contributed by atoms with Gasteiger partial charge in [-0.05, 0) is 41.6 Å². The van der Waals surface area contributed by atoms with E-state index in [1.165, 1.54) is 0 Å². The number of benzene rings is 3. The van der Waals surface area contributed by atoms with Crippen molar-refractivity contribution in [1.82, 2.24) is 0 Å². The van der Waals surface area contributed by atoms with Gasteiger partial charge in [0.25, 0.3) is 5.91 Å². The minimum absolute atomic E-state index is 0.0236. The van der Waals surface area contributed by atoms with Crippen molar-refractivity contribution < 1.29 is 9.59 Å². The zero-order valence-corrected chi connectivity index (χ0v) is 13.0. The third-order valence-corrected chi connectivity index (χ3v) is 4.30. The first-order valence-electron chi connectivity index (χ1n) is 7.92. The van der Waals surface area contributed by atoms with Crippen LogP contribution in [0.4, 0.5) is 11.4 Å². The van der Waals surface area contributed by atoms with Crippen LogP contribution >= 0.6 is 0 Å². The molecule has 1 heterocycles. The lowest BCUT2D eigenvalue weighted by atomic mass is 10.00. The molecule has 2 N–H and O–H groups in total. The fourth-order valence-electron chi connectivity index (χ4n) is 3.05. The van der Waals surface area contributed by atoms with E-state index in [1.807, 2.05) is 48.5 Å². The Hall–Kier alpha value is -3.14. The van der Waals surface area contributed by atoms with Crippen LogP contribution in [0.1, 0.15) is 22.3 Å². The highest BCUT2D eigenvalue weighted by atomic mass is 16.2. The minimum Gasteiger partial charge on any atom is -0.326 e. The molecule has 0 fully saturated rings. The van der Waals surface area contributed by atoms with Gasteiger partial charge in [0, 0.05) is 28.7 Å². The molecule has 24 heavy (non-hydrogen) atoms. The van der Waals surface area contributed by atoms with Crippen LogP contribution in [-0.4, -0.2) is 11.8 Å². The molecule has 0 atom stereocenters. The molecule has 118 valence electrons. The summed E-state index contributed by atoms with van der Waals surface area (Å²) in [6.07, 6.45) is 1.12. The Morgan fingerprint density at radius 1 is 0.958 bits per heavy atom. The van der Waals surface area contributed by atoms with Gasteiger partial charge in [-0.15, -0.1) is 0 Å². The summed E-state index contributed by atoms with van der Waals surface area (Å²) in [7, 11) is 0. The Kier molecular flexibility index (Phi) is 3.50. The van der Waals surface area contributed by atoms with Gasteiger partial charge in [-0.25, -0.2) is 0 Å². The van der Waals surface area contributed by atoms with Crippen molar-refractivity contribution in [2.24, 2.45) is 0 Å². The molecule has 0 aliphatic carbocycles. The zero-order valence-electron chi connectivity index (χ0n) is 13.0. The van der Waals surface area contributed by atoms with E-state index in [0.29, 0.717) is 18.4 Å². The molecule has 0 saturated heterocycles. The first-order valence-corrected chi connectivity index (χ1v) is 7.92. The van der Waals surface area contributed by atoms with E-state index in [2.05, 4.69) is 10.6 Å². The van der Waals surface area contributed by atoms with Gasteiger partial charge in [-0.1, -0.05) is 36.4 Å². The first-order chi connectivity index (χ1) is 11.7. The largest absolute Gasteiger partial charge is 0.326 e. The maximum Gasteiger partial charge on any atom is 0.255 e. The predicted molar refractivity (Wildman–Crippen MR) is 95.3 cm³/mol. The smallest absolute Gasteiger partial charge is 0.255 e. The highest BCUT2D eigenvalue weighted by Crippen LogP contribution is 2.26. The summed E-state index contributed by atoms with van der Waals surface area (Å²) in [5, 5.41) is 7.92. The van der Waals surface area contributed by atoms with Crippen molar-refractivity contribution in [2.45, 2.75) is 12.8 Å². The standard InChI is InChI=1S/C20H16N2O2/c23-19-11-9-14-12-15(8-10-17(14)21-19)20(24)22-18-7-3-5-13-4-1-2-6-16(13)18/h1-8,10,12H,9,11H2,(H,21,23)(H,22,24). The molecule has 4 heteroatoms. The molecule has 1 aliphatic rings. The Bertz CT molecular complexity index is 958. The molecular weight excluding hydrogens is 300 g/mol. The Morgan fingerprint density at radius 2 is 1.79 bits per heavy atom. The van der Waals surface area contributed by atoms with E-state index in [0.717, 1.165) is 27.7 Å². The number of nitrogens with one attached hydrogen (secondary N) is 2. The van der Waals surface area contributed by atoms with Crippen molar-refractivity contribution in [3.63, 3.8) is 0 Å². The summed E-state index contributed by atoms with van der Waals surface area (Å²) < 4.78 is 0. The monoisotopic (exact) mass is 316 g/mol. The Morgan fingerprint density at radius 3 is 2.71 bits per heavy atom. The highest BCUT2D eigenvalue weighted by Gasteiger charge is 2.17. The van der Waals surface area contributed by atoms with Crippen LogP contribution in [0.2, 0.25) is 0 Å². The van der Waals surface area contributed by atoms with Crippen LogP contribution in [0.15, 0.2) is 60.7 Å². The predicted octanol–water partition coefficient (Wildman–Crippen LogP) is 3.98. The van der Waals surface area contributed by atoms with Crippen LogP contribution in [0.25, 0.3) is 10.8 Å². The lowest BCUT2D eigenvalue weighted by molar-refractivity contribution is -0.116. The number of hydrogen-bond donors (Lipinski definition) is 2. The normalized spacial score (nSPS) is 13.2. The van der Waals surface area contributed by atoms with Gasteiger partial charge in [-0.3, -0.25) is 9.59 Å². The fourth-order valence-corrected chi connectivity index (χ4v) is 3.05. The van der Waals surface area contributed by atoms with E-state index in [9.17, 15) is 9.59 Å². The van der Waals surface area contributed by atoms with Crippen molar-refractivity contribution in [2.75, 3.05) is 10.6 Å². The van der Waals surface area contributed by atoms with Gasteiger partial charge in [-0.2, -0.15) is 0 Å². The van der Waals surface area contributed by atoms with Gasteiger partial charge >= 0.3 is 0 Å². The summed E-state index contributed by atoms with van der Waals surface area (Å²) >= 11 is 0. The van der Waals surface area contributed by atoms with Gasteiger partial charge in [0.05, 0.1) is 0 Å². The van der Waals surface area contributed by atoms with Crippen LogP contribution in [0, 0.1) is 0 Å². The molecule has 3 aromatic carbocycles. The van der Waals surface area contributed by atoms with Gasteiger partial charge in [0.1, 0.15) is 0 Å². The molecule has 0 saturated carbocycles. The van der Waals surface area contributed by atoms with Crippen molar-refractivity contribution in [3.8, 4) is 0 Å². The van der Waals surface area contributed by atoms with Crippen LogP contribution in [0.3, 0.4) is 0 Å². The maximum atomic E-state index is 12.6.